The van der Waals surface area contributed by atoms with Gasteiger partial charge >= 0.3 is 0 Å². The third-order valence-corrected chi connectivity index (χ3v) is 5.10. The molecule has 6 heteroatoms. The van der Waals surface area contributed by atoms with Gasteiger partial charge < -0.3 is 10.1 Å². The number of hydrogen-bond acceptors (Lipinski definition) is 4. The maximum atomic E-state index is 13.7. The van der Waals surface area contributed by atoms with Crippen LogP contribution < -0.4 is 10.1 Å². The van der Waals surface area contributed by atoms with E-state index >= 15 is 0 Å². The number of halogens is 1. The number of rotatable bonds is 6. The Morgan fingerprint density at radius 2 is 1.65 bits per heavy atom. The summed E-state index contributed by atoms with van der Waals surface area (Å²) in [7, 11) is 1.55. The van der Waals surface area contributed by atoms with E-state index in [0.29, 0.717) is 17.0 Å². The van der Waals surface area contributed by atoms with Crippen LogP contribution in [0.5, 0.6) is 5.75 Å². The molecule has 1 N–H and O–H groups in total. The number of carbonyl (C=O) groups excluding carboxylic acids is 2. The van der Waals surface area contributed by atoms with Gasteiger partial charge in [-0.3, -0.25) is 14.5 Å². The van der Waals surface area contributed by atoms with E-state index in [1.807, 2.05) is 31.2 Å². The Balaban J connectivity index is 1.73. The molecule has 2 amide bonds. The first kappa shape index (κ1) is 20.3. The van der Waals surface area contributed by atoms with Crippen molar-refractivity contribution in [3.05, 3.63) is 101 Å². The number of amides is 2. The van der Waals surface area contributed by atoms with E-state index in [9.17, 15) is 14.0 Å². The second kappa shape index (κ2) is 8.44. The molecule has 1 aliphatic rings. The van der Waals surface area contributed by atoms with Crippen molar-refractivity contribution in [1.82, 2.24) is 4.90 Å². The molecule has 156 valence electrons. The number of aryl methyl sites for hydroxylation is 1. The number of benzene rings is 3. The number of imide groups is 1. The molecule has 0 saturated heterocycles. The maximum absolute atomic E-state index is 13.7. The van der Waals surface area contributed by atoms with Crippen molar-refractivity contribution in [2.75, 3.05) is 12.4 Å². The highest BCUT2D eigenvalue weighted by Gasteiger charge is 2.39. The minimum atomic E-state index is -0.458. The Labute approximate surface area is 179 Å². The summed E-state index contributed by atoms with van der Waals surface area (Å²) in [5.74, 6) is -0.669. The molecule has 0 unspecified atom stereocenters. The topological polar surface area (TPSA) is 58.6 Å². The van der Waals surface area contributed by atoms with Crippen molar-refractivity contribution in [1.29, 1.82) is 0 Å². The smallest absolute Gasteiger partial charge is 0.278 e. The molecule has 0 spiro atoms. The van der Waals surface area contributed by atoms with E-state index < -0.39 is 17.6 Å². The summed E-state index contributed by atoms with van der Waals surface area (Å²) in [5.41, 5.74) is 3.25. The van der Waals surface area contributed by atoms with Crippen molar-refractivity contribution in [3.8, 4) is 5.75 Å². The standard InChI is InChI=1S/C25H21FN2O3/c1-16-6-8-17(9-7-16)15-28-24(29)22(18-10-12-21(31-2)13-11-18)23(25(28)30)27-20-5-3-4-19(26)14-20/h3-14,27H,15H2,1-2H3. The molecule has 31 heavy (non-hydrogen) atoms. The molecule has 4 rings (SSSR count). The van der Waals surface area contributed by atoms with E-state index in [2.05, 4.69) is 5.32 Å². The minimum absolute atomic E-state index is 0.118. The van der Waals surface area contributed by atoms with Crippen LogP contribution in [0.4, 0.5) is 10.1 Å². The average molecular weight is 416 g/mol. The van der Waals surface area contributed by atoms with Gasteiger partial charge in [0.25, 0.3) is 11.8 Å². The Kier molecular flexibility index (Phi) is 5.54. The van der Waals surface area contributed by atoms with Crippen LogP contribution in [-0.4, -0.2) is 23.8 Å². The molecule has 3 aromatic rings. The minimum Gasteiger partial charge on any atom is -0.497 e. The summed E-state index contributed by atoms with van der Waals surface area (Å²) in [4.78, 5) is 27.8. The van der Waals surface area contributed by atoms with Gasteiger partial charge in [0.1, 0.15) is 17.3 Å². The van der Waals surface area contributed by atoms with E-state index in [0.717, 1.165) is 11.1 Å². The second-order valence-electron chi connectivity index (χ2n) is 7.30. The molecule has 0 aliphatic carbocycles. The quantitative estimate of drug-likeness (QED) is 0.600. The summed E-state index contributed by atoms with van der Waals surface area (Å²) in [5, 5.41) is 2.96. The van der Waals surface area contributed by atoms with Crippen molar-refractivity contribution in [2.45, 2.75) is 13.5 Å². The van der Waals surface area contributed by atoms with Crippen LogP contribution in [0.25, 0.3) is 5.57 Å². The summed E-state index contributed by atoms with van der Waals surface area (Å²) >= 11 is 0. The second-order valence-corrected chi connectivity index (χ2v) is 7.30. The zero-order valence-corrected chi connectivity index (χ0v) is 17.2. The van der Waals surface area contributed by atoms with Crippen LogP contribution in [0.15, 0.2) is 78.5 Å². The summed E-state index contributed by atoms with van der Waals surface area (Å²) in [6, 6.07) is 20.3. The number of anilines is 1. The molecular formula is C25H21FN2O3. The van der Waals surface area contributed by atoms with E-state index in [1.54, 1.807) is 37.4 Å². The van der Waals surface area contributed by atoms with Gasteiger partial charge in [0.05, 0.1) is 19.2 Å². The summed E-state index contributed by atoms with van der Waals surface area (Å²) < 4.78 is 18.9. The summed E-state index contributed by atoms with van der Waals surface area (Å²) in [6.45, 7) is 2.12. The Bertz CT molecular complexity index is 1170. The maximum Gasteiger partial charge on any atom is 0.278 e. The number of methoxy groups -OCH3 is 1. The van der Waals surface area contributed by atoms with Gasteiger partial charge in [0.2, 0.25) is 0 Å². The molecule has 5 nitrogen and oxygen atoms in total. The first-order chi connectivity index (χ1) is 15.0. The van der Waals surface area contributed by atoms with Crippen LogP contribution in [0.1, 0.15) is 16.7 Å². The number of carbonyl (C=O) groups is 2. The van der Waals surface area contributed by atoms with Gasteiger partial charge in [-0.2, -0.15) is 0 Å². The lowest BCUT2D eigenvalue weighted by molar-refractivity contribution is -0.137. The molecule has 0 saturated carbocycles. The zero-order valence-electron chi connectivity index (χ0n) is 17.2. The van der Waals surface area contributed by atoms with Gasteiger partial charge in [0, 0.05) is 5.69 Å². The van der Waals surface area contributed by atoms with Gasteiger partial charge in [-0.15, -0.1) is 0 Å². The fourth-order valence-electron chi connectivity index (χ4n) is 3.45. The van der Waals surface area contributed by atoms with Gasteiger partial charge in [0.15, 0.2) is 0 Å². The van der Waals surface area contributed by atoms with Crippen LogP contribution in [0.3, 0.4) is 0 Å². The number of hydrogen-bond donors (Lipinski definition) is 1. The fourth-order valence-corrected chi connectivity index (χ4v) is 3.45. The lowest BCUT2D eigenvalue weighted by Gasteiger charge is -2.15. The molecule has 0 bridgehead atoms. The number of nitrogens with one attached hydrogen (secondary N) is 1. The average Bonchev–Trinajstić information content (AvgIpc) is 2.99. The van der Waals surface area contributed by atoms with E-state index in [4.69, 9.17) is 4.74 Å². The monoisotopic (exact) mass is 416 g/mol. The van der Waals surface area contributed by atoms with Crippen molar-refractivity contribution in [2.24, 2.45) is 0 Å². The Morgan fingerprint density at radius 3 is 2.29 bits per heavy atom. The molecule has 0 atom stereocenters. The Hall–Kier alpha value is -3.93. The molecule has 1 aliphatic heterocycles. The lowest BCUT2D eigenvalue weighted by atomic mass is 10.0. The highest BCUT2D eigenvalue weighted by molar-refractivity contribution is 6.36. The van der Waals surface area contributed by atoms with Gasteiger partial charge in [-0.1, -0.05) is 48.0 Å². The van der Waals surface area contributed by atoms with Crippen molar-refractivity contribution >= 4 is 23.1 Å². The van der Waals surface area contributed by atoms with Gasteiger partial charge in [-0.25, -0.2) is 4.39 Å². The normalized spacial score (nSPS) is 13.7. The van der Waals surface area contributed by atoms with Crippen LogP contribution in [-0.2, 0) is 16.1 Å². The van der Waals surface area contributed by atoms with E-state index in [1.165, 1.54) is 23.1 Å². The molecule has 0 aromatic heterocycles. The van der Waals surface area contributed by atoms with Crippen LogP contribution >= 0.6 is 0 Å². The molecule has 1 heterocycles. The highest BCUT2D eigenvalue weighted by Crippen LogP contribution is 2.32. The molecule has 0 fully saturated rings. The van der Waals surface area contributed by atoms with Crippen LogP contribution in [0, 0.1) is 12.7 Å². The molecule has 3 aromatic carbocycles. The molecule has 0 radical (unpaired) electrons. The van der Waals surface area contributed by atoms with Crippen molar-refractivity contribution in [3.63, 3.8) is 0 Å². The SMILES string of the molecule is COc1ccc(C2=C(Nc3cccc(F)c3)C(=O)N(Cc3ccc(C)cc3)C2=O)cc1. The zero-order chi connectivity index (χ0) is 22.0. The third kappa shape index (κ3) is 4.19. The van der Waals surface area contributed by atoms with Crippen molar-refractivity contribution < 1.29 is 18.7 Å². The van der Waals surface area contributed by atoms with E-state index in [-0.39, 0.29) is 17.8 Å². The summed E-state index contributed by atoms with van der Waals surface area (Å²) in [6.07, 6.45) is 0. The number of nitrogens with zero attached hydrogens (tertiary/aromatic N) is 1. The third-order valence-electron chi connectivity index (χ3n) is 5.10. The predicted molar refractivity (Wildman–Crippen MR) is 117 cm³/mol. The largest absolute Gasteiger partial charge is 0.497 e. The Morgan fingerprint density at radius 1 is 0.935 bits per heavy atom. The lowest BCUT2D eigenvalue weighted by Crippen LogP contribution is -2.32. The van der Waals surface area contributed by atoms with Crippen LogP contribution in [0.2, 0.25) is 0 Å². The predicted octanol–water partition coefficient (Wildman–Crippen LogP) is 4.53. The first-order valence-electron chi connectivity index (χ1n) is 9.79. The molecular weight excluding hydrogens is 395 g/mol. The highest BCUT2D eigenvalue weighted by atomic mass is 19.1. The van der Waals surface area contributed by atoms with Gasteiger partial charge in [-0.05, 0) is 48.4 Å². The first-order valence-corrected chi connectivity index (χ1v) is 9.79. The number of ether oxygens (including phenoxy) is 1. The fraction of sp³-hybridized carbons (Fsp3) is 0.120.